The van der Waals surface area contributed by atoms with Crippen LogP contribution in [0, 0.1) is 6.92 Å². The fourth-order valence-corrected chi connectivity index (χ4v) is 3.79. The molecule has 1 aliphatic carbocycles. The number of aryl methyl sites for hydroxylation is 1. The van der Waals surface area contributed by atoms with Gasteiger partial charge in [-0.3, -0.25) is 4.98 Å². The normalized spacial score (nSPS) is 23.6. The van der Waals surface area contributed by atoms with E-state index in [1.54, 1.807) is 0 Å². The molecule has 1 aromatic rings. The van der Waals surface area contributed by atoms with Gasteiger partial charge in [0.15, 0.2) is 0 Å². The van der Waals surface area contributed by atoms with E-state index in [9.17, 15) is 8.42 Å². The molecule has 0 amide bonds. The first-order valence-electron chi connectivity index (χ1n) is 6.92. The molecule has 0 aliphatic heterocycles. The van der Waals surface area contributed by atoms with Gasteiger partial charge in [0.1, 0.15) is 21.7 Å². The van der Waals surface area contributed by atoms with Crippen molar-refractivity contribution in [1.29, 1.82) is 0 Å². The van der Waals surface area contributed by atoms with Crippen LogP contribution in [0.3, 0.4) is 0 Å². The highest BCUT2D eigenvalue weighted by Crippen LogP contribution is 2.28. The van der Waals surface area contributed by atoms with Gasteiger partial charge in [-0.1, -0.05) is 0 Å². The molecule has 6 heteroatoms. The van der Waals surface area contributed by atoms with Gasteiger partial charge < -0.3 is 10.5 Å². The Balaban J connectivity index is 2.10. The number of ether oxygens (including phenoxy) is 1. The molecule has 1 fully saturated rings. The van der Waals surface area contributed by atoms with Crippen molar-refractivity contribution >= 4 is 9.84 Å². The van der Waals surface area contributed by atoms with Crippen LogP contribution in [0.1, 0.15) is 37.1 Å². The summed E-state index contributed by atoms with van der Waals surface area (Å²) in [5.41, 5.74) is 7.31. The van der Waals surface area contributed by atoms with E-state index in [4.69, 9.17) is 10.5 Å². The van der Waals surface area contributed by atoms with E-state index in [1.807, 2.05) is 19.1 Å². The van der Waals surface area contributed by atoms with Crippen molar-refractivity contribution in [2.45, 2.75) is 50.5 Å². The zero-order valence-electron chi connectivity index (χ0n) is 12.0. The van der Waals surface area contributed by atoms with E-state index < -0.39 is 9.84 Å². The van der Waals surface area contributed by atoms with Crippen LogP contribution in [-0.4, -0.2) is 31.0 Å². The molecular formula is C14H22N2O3S. The van der Waals surface area contributed by atoms with Crippen molar-refractivity contribution in [2.24, 2.45) is 5.73 Å². The van der Waals surface area contributed by atoms with Crippen LogP contribution in [-0.2, 0) is 16.4 Å². The minimum absolute atomic E-state index is 0.0710. The van der Waals surface area contributed by atoms with Gasteiger partial charge in [-0.25, -0.2) is 8.42 Å². The summed E-state index contributed by atoms with van der Waals surface area (Å²) in [5, 5.41) is -0.291. The fourth-order valence-electron chi connectivity index (χ4n) is 2.63. The zero-order valence-corrected chi connectivity index (χ0v) is 12.8. The largest absolute Gasteiger partial charge is 0.488 e. The zero-order chi connectivity index (χ0) is 14.8. The highest BCUT2D eigenvalue weighted by atomic mass is 32.2. The van der Waals surface area contributed by atoms with Gasteiger partial charge >= 0.3 is 0 Å². The highest BCUT2D eigenvalue weighted by Gasteiger charge is 2.30. The lowest BCUT2D eigenvalue weighted by molar-refractivity contribution is 0.154. The van der Waals surface area contributed by atoms with Gasteiger partial charge in [0.05, 0.1) is 10.9 Å². The predicted molar refractivity (Wildman–Crippen MR) is 78.4 cm³/mol. The Hall–Kier alpha value is -1.14. The number of nitrogens with zero attached hydrogens (tertiary/aromatic N) is 1. The lowest BCUT2D eigenvalue weighted by Crippen LogP contribution is -2.33. The van der Waals surface area contributed by atoms with Gasteiger partial charge in [0.2, 0.25) is 0 Å². The second kappa shape index (κ2) is 6.10. The molecular weight excluding hydrogens is 276 g/mol. The minimum Gasteiger partial charge on any atom is -0.488 e. The molecule has 20 heavy (non-hydrogen) atoms. The van der Waals surface area contributed by atoms with Gasteiger partial charge in [0.25, 0.3) is 0 Å². The fraction of sp³-hybridized carbons (Fsp3) is 0.643. The topological polar surface area (TPSA) is 82.3 Å². The first-order chi connectivity index (χ1) is 9.40. The molecule has 0 spiro atoms. The Bertz CT molecular complexity index is 572. The number of pyridine rings is 1. The molecule has 2 rings (SSSR count). The highest BCUT2D eigenvalue weighted by molar-refractivity contribution is 7.91. The van der Waals surface area contributed by atoms with Crippen LogP contribution in [0.25, 0.3) is 0 Å². The van der Waals surface area contributed by atoms with E-state index in [0.29, 0.717) is 18.7 Å². The van der Waals surface area contributed by atoms with E-state index in [-0.39, 0.29) is 11.4 Å². The monoisotopic (exact) mass is 298 g/mol. The number of rotatable bonds is 4. The molecule has 1 aliphatic rings. The van der Waals surface area contributed by atoms with Crippen molar-refractivity contribution in [3.05, 3.63) is 23.5 Å². The third-order valence-electron chi connectivity index (χ3n) is 3.74. The van der Waals surface area contributed by atoms with E-state index in [2.05, 4.69) is 4.98 Å². The van der Waals surface area contributed by atoms with Gasteiger partial charge in [-0.2, -0.15) is 0 Å². The van der Waals surface area contributed by atoms with E-state index >= 15 is 0 Å². The van der Waals surface area contributed by atoms with Crippen molar-refractivity contribution in [2.75, 3.05) is 6.26 Å². The average molecular weight is 298 g/mol. The third kappa shape index (κ3) is 3.70. The van der Waals surface area contributed by atoms with Crippen LogP contribution in [0.4, 0.5) is 0 Å². The SMILES string of the molecule is Cc1ccc(OC2CCCC(S(C)(=O)=O)C2)c(CN)n1. The number of nitrogens with two attached hydrogens (primary N) is 1. The van der Waals surface area contributed by atoms with Crippen LogP contribution in [0.5, 0.6) is 5.75 Å². The number of hydrogen-bond donors (Lipinski definition) is 1. The molecule has 1 saturated carbocycles. The Labute approximate surface area is 120 Å². The molecule has 2 atom stereocenters. The Morgan fingerprint density at radius 1 is 1.40 bits per heavy atom. The molecule has 0 radical (unpaired) electrons. The molecule has 0 saturated heterocycles. The summed E-state index contributed by atoms with van der Waals surface area (Å²) in [6.45, 7) is 2.22. The lowest BCUT2D eigenvalue weighted by atomic mass is 9.97. The molecule has 0 bridgehead atoms. The quantitative estimate of drug-likeness (QED) is 0.912. The Kier molecular flexibility index (Phi) is 4.65. The third-order valence-corrected chi connectivity index (χ3v) is 5.38. The first kappa shape index (κ1) is 15.3. The summed E-state index contributed by atoms with van der Waals surface area (Å²) < 4.78 is 29.3. The molecule has 1 heterocycles. The summed E-state index contributed by atoms with van der Waals surface area (Å²) in [4.78, 5) is 4.36. The maximum atomic E-state index is 11.7. The maximum absolute atomic E-state index is 11.7. The van der Waals surface area contributed by atoms with Crippen LogP contribution >= 0.6 is 0 Å². The maximum Gasteiger partial charge on any atom is 0.150 e. The number of hydrogen-bond acceptors (Lipinski definition) is 5. The average Bonchev–Trinajstić information content (AvgIpc) is 2.40. The molecule has 2 N–H and O–H groups in total. The summed E-state index contributed by atoms with van der Waals surface area (Å²) >= 11 is 0. The number of sulfone groups is 1. The predicted octanol–water partition coefficient (Wildman–Crippen LogP) is 1.58. The summed E-state index contributed by atoms with van der Waals surface area (Å²) in [6, 6.07) is 3.75. The van der Waals surface area contributed by atoms with E-state index in [0.717, 1.165) is 30.7 Å². The van der Waals surface area contributed by atoms with Crippen molar-refractivity contribution < 1.29 is 13.2 Å². The Morgan fingerprint density at radius 3 is 2.80 bits per heavy atom. The molecule has 1 aromatic heterocycles. The molecule has 2 unspecified atom stereocenters. The number of aromatic nitrogens is 1. The Morgan fingerprint density at radius 2 is 2.15 bits per heavy atom. The van der Waals surface area contributed by atoms with Gasteiger partial charge in [-0.15, -0.1) is 0 Å². The van der Waals surface area contributed by atoms with E-state index in [1.165, 1.54) is 6.26 Å². The van der Waals surface area contributed by atoms with Crippen molar-refractivity contribution in [3.63, 3.8) is 0 Å². The van der Waals surface area contributed by atoms with Crippen LogP contribution < -0.4 is 10.5 Å². The lowest BCUT2D eigenvalue weighted by Gasteiger charge is -2.29. The molecule has 5 nitrogen and oxygen atoms in total. The molecule has 112 valence electrons. The standard InChI is InChI=1S/C14H22N2O3S/c1-10-6-7-14(13(9-15)16-10)19-11-4-3-5-12(8-11)20(2,17)18/h6-7,11-12H,3-5,8-9,15H2,1-2H3. The van der Waals surface area contributed by atoms with Crippen molar-refractivity contribution in [3.8, 4) is 5.75 Å². The summed E-state index contributed by atoms with van der Waals surface area (Å²) in [6.07, 6.45) is 4.27. The van der Waals surface area contributed by atoms with Gasteiger partial charge in [0, 0.05) is 24.9 Å². The smallest absolute Gasteiger partial charge is 0.150 e. The van der Waals surface area contributed by atoms with Crippen LogP contribution in [0.2, 0.25) is 0 Å². The minimum atomic E-state index is -2.99. The van der Waals surface area contributed by atoms with Crippen LogP contribution in [0.15, 0.2) is 12.1 Å². The second-order valence-corrected chi connectivity index (χ2v) is 7.79. The van der Waals surface area contributed by atoms with Gasteiger partial charge in [-0.05, 0) is 38.3 Å². The summed E-state index contributed by atoms with van der Waals surface area (Å²) in [7, 11) is -2.99. The second-order valence-electron chi connectivity index (χ2n) is 5.46. The molecule has 0 aromatic carbocycles. The summed E-state index contributed by atoms with van der Waals surface area (Å²) in [5.74, 6) is 0.678. The first-order valence-corrected chi connectivity index (χ1v) is 8.87. The van der Waals surface area contributed by atoms with Crippen molar-refractivity contribution in [1.82, 2.24) is 4.98 Å².